The van der Waals surface area contributed by atoms with Gasteiger partial charge < -0.3 is 4.42 Å². The molecule has 10 aromatic rings. The Kier molecular flexibility index (Phi) is 6.46. The first-order valence-electron chi connectivity index (χ1n) is 16.8. The fraction of sp³-hybridized carbons (Fsp3) is 0. The van der Waals surface area contributed by atoms with Gasteiger partial charge in [-0.25, -0.2) is 9.97 Å². The maximum absolute atomic E-state index is 6.29. The van der Waals surface area contributed by atoms with Crippen LogP contribution in [0.3, 0.4) is 0 Å². The number of benzene rings is 7. The predicted molar refractivity (Wildman–Crippen MR) is 205 cm³/mol. The minimum absolute atomic E-state index is 0.617. The maximum atomic E-state index is 6.29. The molecular weight excluding hydrogens is 611 g/mol. The van der Waals surface area contributed by atoms with Crippen LogP contribution in [0.15, 0.2) is 180 Å². The van der Waals surface area contributed by atoms with Crippen LogP contribution in [-0.4, -0.2) is 14.5 Å². The molecule has 4 nitrogen and oxygen atoms in total. The van der Waals surface area contributed by atoms with Gasteiger partial charge in [0.25, 0.3) is 0 Å². The predicted octanol–water partition coefficient (Wildman–Crippen LogP) is 12.1. The Bertz CT molecular complexity index is 2760. The van der Waals surface area contributed by atoms with Crippen molar-refractivity contribution in [3.63, 3.8) is 0 Å². The first-order chi connectivity index (χ1) is 24.8. The second-order valence-electron chi connectivity index (χ2n) is 12.6. The van der Waals surface area contributed by atoms with E-state index in [2.05, 4.69) is 144 Å². The molecule has 0 radical (unpaired) electrons. The molecule has 0 atom stereocenters. The molecule has 0 aliphatic carbocycles. The molecule has 0 unspecified atom stereocenters. The molecule has 7 aromatic carbocycles. The van der Waals surface area contributed by atoms with Crippen molar-refractivity contribution in [3.05, 3.63) is 176 Å². The third-order valence-corrected chi connectivity index (χ3v) is 9.64. The van der Waals surface area contributed by atoms with Crippen molar-refractivity contribution in [3.8, 4) is 50.7 Å². The summed E-state index contributed by atoms with van der Waals surface area (Å²) in [4.78, 5) is 10.6. The Morgan fingerprint density at radius 1 is 0.340 bits per heavy atom. The average Bonchev–Trinajstić information content (AvgIpc) is 3.73. The van der Waals surface area contributed by atoms with Gasteiger partial charge in [-0.1, -0.05) is 127 Å². The van der Waals surface area contributed by atoms with E-state index >= 15 is 0 Å². The molecule has 0 aliphatic heterocycles. The van der Waals surface area contributed by atoms with E-state index in [-0.39, 0.29) is 0 Å². The van der Waals surface area contributed by atoms with Gasteiger partial charge in [-0.15, -0.1) is 0 Å². The monoisotopic (exact) mass is 639 g/mol. The van der Waals surface area contributed by atoms with E-state index in [9.17, 15) is 0 Å². The Morgan fingerprint density at radius 2 is 0.840 bits per heavy atom. The summed E-state index contributed by atoms with van der Waals surface area (Å²) in [6.45, 7) is 0. The zero-order chi connectivity index (χ0) is 33.0. The minimum Gasteiger partial charge on any atom is -0.456 e. The zero-order valence-electron chi connectivity index (χ0n) is 27.0. The number of furan rings is 1. The van der Waals surface area contributed by atoms with Gasteiger partial charge in [0.2, 0.25) is 5.95 Å². The fourth-order valence-electron chi connectivity index (χ4n) is 7.18. The smallest absolute Gasteiger partial charge is 0.235 e. The van der Waals surface area contributed by atoms with Gasteiger partial charge in [-0.3, -0.25) is 4.57 Å². The highest BCUT2D eigenvalue weighted by Crippen LogP contribution is 2.38. The number of hydrogen-bond acceptors (Lipinski definition) is 3. The van der Waals surface area contributed by atoms with Crippen LogP contribution in [0.25, 0.3) is 94.5 Å². The average molecular weight is 640 g/mol. The first kappa shape index (κ1) is 28.3. The van der Waals surface area contributed by atoms with Crippen LogP contribution < -0.4 is 0 Å². The summed E-state index contributed by atoms with van der Waals surface area (Å²) in [6, 6.07) is 61.5. The summed E-state index contributed by atoms with van der Waals surface area (Å²) < 4.78 is 8.51. The normalized spacial score (nSPS) is 11.6. The number of nitrogens with zero attached hydrogens (tertiary/aromatic N) is 3. The molecule has 50 heavy (non-hydrogen) atoms. The first-order valence-corrected chi connectivity index (χ1v) is 16.8. The molecule has 0 saturated heterocycles. The van der Waals surface area contributed by atoms with Crippen molar-refractivity contribution in [2.24, 2.45) is 0 Å². The van der Waals surface area contributed by atoms with Crippen LogP contribution in [-0.2, 0) is 0 Å². The van der Waals surface area contributed by atoms with Crippen LogP contribution in [0.4, 0.5) is 0 Å². The molecule has 4 heteroatoms. The van der Waals surface area contributed by atoms with Gasteiger partial charge in [0, 0.05) is 32.7 Å². The maximum Gasteiger partial charge on any atom is 0.235 e. The summed E-state index contributed by atoms with van der Waals surface area (Å²) in [7, 11) is 0. The standard InChI is InChI=1S/C46H29N3O/c1-4-12-30(13-5-1)33-21-24-42-38(26-33)39-27-34(31-14-6-2-7-15-31)22-25-43(39)49(42)46-47-40(32-16-8-3-9-17-32)29-41(48-46)35-20-23-37-36-18-10-11-19-44(36)50-45(37)28-35/h1-29H. The molecule has 0 aliphatic rings. The van der Waals surface area contributed by atoms with Gasteiger partial charge in [-0.05, 0) is 70.8 Å². The highest BCUT2D eigenvalue weighted by Gasteiger charge is 2.19. The second kappa shape index (κ2) is 11.4. The van der Waals surface area contributed by atoms with Gasteiger partial charge in [0.05, 0.1) is 22.4 Å². The SMILES string of the molecule is c1ccc(-c2ccc3c(c2)c2cc(-c4ccccc4)ccc2n3-c2nc(-c3ccccc3)cc(-c3ccc4c(c3)oc3ccccc34)n2)cc1. The third kappa shape index (κ3) is 4.69. The quantitative estimate of drug-likeness (QED) is 0.188. The number of rotatable bonds is 5. The van der Waals surface area contributed by atoms with E-state index in [0.29, 0.717) is 5.95 Å². The molecule has 0 spiro atoms. The molecule has 10 rings (SSSR count). The lowest BCUT2D eigenvalue weighted by molar-refractivity contribution is 0.669. The Hall–Kier alpha value is -6.78. The summed E-state index contributed by atoms with van der Waals surface area (Å²) in [6.07, 6.45) is 0. The second-order valence-corrected chi connectivity index (χ2v) is 12.6. The van der Waals surface area contributed by atoms with Gasteiger partial charge in [-0.2, -0.15) is 0 Å². The molecule has 0 amide bonds. The largest absolute Gasteiger partial charge is 0.456 e. The fourth-order valence-corrected chi connectivity index (χ4v) is 7.18. The molecule has 0 bridgehead atoms. The van der Waals surface area contributed by atoms with E-state index in [1.54, 1.807) is 0 Å². The topological polar surface area (TPSA) is 43.9 Å². The van der Waals surface area contributed by atoms with Gasteiger partial charge in [0.15, 0.2) is 0 Å². The molecule has 3 aromatic heterocycles. The number of para-hydroxylation sites is 1. The number of fused-ring (bicyclic) bond motifs is 6. The summed E-state index contributed by atoms with van der Waals surface area (Å²) >= 11 is 0. The van der Waals surface area contributed by atoms with Crippen LogP contribution in [0, 0.1) is 0 Å². The lowest BCUT2D eigenvalue weighted by atomic mass is 10.0. The van der Waals surface area contributed by atoms with E-state index in [4.69, 9.17) is 14.4 Å². The molecule has 0 saturated carbocycles. The molecular formula is C46H29N3O. The Labute approximate surface area is 288 Å². The summed E-state index contributed by atoms with van der Waals surface area (Å²) in [5.41, 5.74) is 12.2. The van der Waals surface area contributed by atoms with Crippen molar-refractivity contribution >= 4 is 43.7 Å². The molecule has 0 N–H and O–H groups in total. The van der Waals surface area contributed by atoms with Crippen molar-refractivity contribution < 1.29 is 4.42 Å². The lowest BCUT2D eigenvalue weighted by Gasteiger charge is -2.12. The van der Waals surface area contributed by atoms with E-state index in [1.807, 2.05) is 36.4 Å². The van der Waals surface area contributed by atoms with E-state index in [0.717, 1.165) is 66.3 Å². The zero-order valence-corrected chi connectivity index (χ0v) is 27.0. The Morgan fingerprint density at radius 3 is 1.46 bits per heavy atom. The van der Waals surface area contributed by atoms with E-state index < -0.39 is 0 Å². The third-order valence-electron chi connectivity index (χ3n) is 9.64. The summed E-state index contributed by atoms with van der Waals surface area (Å²) in [5.74, 6) is 0.617. The van der Waals surface area contributed by atoms with Gasteiger partial charge in [0.1, 0.15) is 11.2 Å². The molecule has 234 valence electrons. The number of aromatic nitrogens is 3. The van der Waals surface area contributed by atoms with Gasteiger partial charge >= 0.3 is 0 Å². The van der Waals surface area contributed by atoms with Crippen LogP contribution in [0.5, 0.6) is 0 Å². The summed E-state index contributed by atoms with van der Waals surface area (Å²) in [5, 5.41) is 4.50. The van der Waals surface area contributed by atoms with Crippen LogP contribution >= 0.6 is 0 Å². The highest BCUT2D eigenvalue weighted by atomic mass is 16.3. The van der Waals surface area contributed by atoms with Crippen molar-refractivity contribution in [2.45, 2.75) is 0 Å². The van der Waals surface area contributed by atoms with Crippen molar-refractivity contribution in [2.75, 3.05) is 0 Å². The van der Waals surface area contributed by atoms with Crippen molar-refractivity contribution in [1.29, 1.82) is 0 Å². The van der Waals surface area contributed by atoms with E-state index in [1.165, 1.54) is 22.3 Å². The lowest BCUT2D eigenvalue weighted by Crippen LogP contribution is -2.04. The van der Waals surface area contributed by atoms with Crippen LogP contribution in [0.1, 0.15) is 0 Å². The highest BCUT2D eigenvalue weighted by molar-refractivity contribution is 6.11. The van der Waals surface area contributed by atoms with Crippen molar-refractivity contribution in [1.82, 2.24) is 14.5 Å². The minimum atomic E-state index is 0.617. The Balaban J connectivity index is 1.23. The van der Waals surface area contributed by atoms with Crippen LogP contribution in [0.2, 0.25) is 0 Å². The number of hydrogen-bond donors (Lipinski definition) is 0. The molecule has 3 heterocycles. The molecule has 0 fully saturated rings.